The van der Waals surface area contributed by atoms with Crippen molar-refractivity contribution in [2.24, 2.45) is 0 Å². The number of rotatable bonds is 4. The number of benzene rings is 2. The molecule has 0 spiro atoms. The number of hydrogen-bond acceptors (Lipinski definition) is 2. The average Bonchev–Trinajstić information content (AvgIpc) is 3.00. The van der Waals surface area contributed by atoms with E-state index in [1.807, 2.05) is 42.5 Å². The molecule has 1 unspecified atom stereocenters. The van der Waals surface area contributed by atoms with E-state index < -0.39 is 6.10 Å². The average molecular weight is 278 g/mol. The van der Waals surface area contributed by atoms with Gasteiger partial charge in [-0.1, -0.05) is 54.6 Å². The van der Waals surface area contributed by atoms with E-state index in [1.165, 1.54) is 5.56 Å². The molecule has 0 radical (unpaired) electrons. The summed E-state index contributed by atoms with van der Waals surface area (Å²) in [5.41, 5.74) is 5.11. The van der Waals surface area contributed by atoms with Crippen LogP contribution in [0.2, 0.25) is 0 Å². The van der Waals surface area contributed by atoms with E-state index in [4.69, 9.17) is 0 Å². The largest absolute Gasteiger partial charge is 0.388 e. The van der Waals surface area contributed by atoms with Crippen molar-refractivity contribution in [3.05, 3.63) is 77.5 Å². The molecule has 3 aromatic rings. The maximum Gasteiger partial charge on any atom is 0.0867 e. The van der Waals surface area contributed by atoms with Crippen LogP contribution in [0.5, 0.6) is 0 Å². The lowest BCUT2D eigenvalue weighted by molar-refractivity contribution is 0.179. The molecule has 21 heavy (non-hydrogen) atoms. The monoisotopic (exact) mass is 278 g/mol. The third-order valence-corrected chi connectivity index (χ3v) is 3.76. The molecular weight excluding hydrogens is 260 g/mol. The van der Waals surface area contributed by atoms with Crippen LogP contribution in [0.3, 0.4) is 0 Å². The molecule has 1 aromatic heterocycles. The van der Waals surface area contributed by atoms with Gasteiger partial charge >= 0.3 is 0 Å². The first-order valence-electron chi connectivity index (χ1n) is 7.07. The number of nitrogens with one attached hydrogen (secondary N) is 1. The number of aliphatic hydroxyl groups excluding tert-OH is 1. The summed E-state index contributed by atoms with van der Waals surface area (Å²) in [7, 11) is 0. The molecule has 2 N–H and O–H groups in total. The zero-order chi connectivity index (χ0) is 14.7. The molecule has 0 amide bonds. The number of nitrogens with zero attached hydrogens (tertiary/aromatic N) is 1. The minimum atomic E-state index is -0.569. The Balaban J connectivity index is 1.88. The van der Waals surface area contributed by atoms with Crippen LogP contribution in [0, 0.1) is 6.92 Å². The summed E-state index contributed by atoms with van der Waals surface area (Å²) in [5.74, 6) is 0. The summed E-state index contributed by atoms with van der Waals surface area (Å²) in [4.78, 5) is 0. The van der Waals surface area contributed by atoms with E-state index >= 15 is 0 Å². The zero-order valence-electron chi connectivity index (χ0n) is 12.0. The second kappa shape index (κ2) is 5.94. The first-order valence-corrected chi connectivity index (χ1v) is 7.07. The second-order valence-corrected chi connectivity index (χ2v) is 5.21. The molecule has 2 aromatic carbocycles. The lowest BCUT2D eigenvalue weighted by Crippen LogP contribution is -2.03. The minimum Gasteiger partial charge on any atom is -0.388 e. The van der Waals surface area contributed by atoms with E-state index in [0.29, 0.717) is 6.42 Å². The highest BCUT2D eigenvalue weighted by Gasteiger charge is 2.17. The van der Waals surface area contributed by atoms with Gasteiger partial charge in [-0.05, 0) is 23.6 Å². The van der Waals surface area contributed by atoms with Crippen molar-refractivity contribution in [2.45, 2.75) is 19.4 Å². The number of aliphatic hydroxyl groups is 1. The van der Waals surface area contributed by atoms with Crippen LogP contribution in [0.15, 0.2) is 60.8 Å². The number of aromatic amines is 1. The van der Waals surface area contributed by atoms with Gasteiger partial charge in [0.1, 0.15) is 0 Å². The molecular formula is C18H18N2O. The summed E-state index contributed by atoms with van der Waals surface area (Å²) in [6.07, 6.45) is 1.73. The Morgan fingerprint density at radius 3 is 2.52 bits per heavy atom. The third kappa shape index (κ3) is 2.88. The first-order chi connectivity index (χ1) is 10.3. The standard InChI is InChI=1S/C18H18N2O/c1-13-7-5-6-10-15(13)11-17(21)16-12-19-20-18(16)14-8-3-2-4-9-14/h2-10,12,17,21H,11H2,1H3,(H,19,20). The first kappa shape index (κ1) is 13.6. The van der Waals surface area contributed by atoms with Crippen LogP contribution in [0.4, 0.5) is 0 Å². The van der Waals surface area contributed by atoms with E-state index in [9.17, 15) is 5.11 Å². The molecule has 0 aliphatic rings. The van der Waals surface area contributed by atoms with Crippen LogP contribution in [0.25, 0.3) is 11.3 Å². The molecule has 0 aliphatic carbocycles. The normalized spacial score (nSPS) is 12.3. The fourth-order valence-corrected chi connectivity index (χ4v) is 2.54. The second-order valence-electron chi connectivity index (χ2n) is 5.21. The van der Waals surface area contributed by atoms with E-state index in [1.54, 1.807) is 6.20 Å². The van der Waals surface area contributed by atoms with Gasteiger partial charge in [-0.3, -0.25) is 5.10 Å². The van der Waals surface area contributed by atoms with Crippen LogP contribution in [-0.2, 0) is 6.42 Å². The highest BCUT2D eigenvalue weighted by atomic mass is 16.3. The summed E-state index contributed by atoms with van der Waals surface area (Å²) in [6, 6.07) is 18.1. The van der Waals surface area contributed by atoms with Crippen LogP contribution in [0.1, 0.15) is 22.8 Å². The topological polar surface area (TPSA) is 48.9 Å². The quantitative estimate of drug-likeness (QED) is 0.765. The van der Waals surface area contributed by atoms with Crippen molar-refractivity contribution in [1.29, 1.82) is 0 Å². The Bertz CT molecular complexity index is 719. The Kier molecular flexibility index (Phi) is 3.84. The Labute approximate surface area is 124 Å². The van der Waals surface area contributed by atoms with Crippen LogP contribution >= 0.6 is 0 Å². The number of hydrogen-bond donors (Lipinski definition) is 2. The molecule has 0 saturated carbocycles. The smallest absolute Gasteiger partial charge is 0.0867 e. The van der Waals surface area contributed by atoms with Gasteiger partial charge in [0.25, 0.3) is 0 Å². The molecule has 0 bridgehead atoms. The van der Waals surface area contributed by atoms with Crippen molar-refractivity contribution in [1.82, 2.24) is 10.2 Å². The third-order valence-electron chi connectivity index (χ3n) is 3.76. The molecule has 1 heterocycles. The number of aromatic nitrogens is 2. The molecule has 106 valence electrons. The van der Waals surface area contributed by atoms with Gasteiger partial charge in [-0.15, -0.1) is 0 Å². The Morgan fingerprint density at radius 1 is 1.05 bits per heavy atom. The van der Waals surface area contributed by atoms with Crippen molar-refractivity contribution < 1.29 is 5.11 Å². The molecule has 0 aliphatic heterocycles. The predicted molar refractivity (Wildman–Crippen MR) is 83.9 cm³/mol. The van der Waals surface area contributed by atoms with Gasteiger partial charge < -0.3 is 5.11 Å². The molecule has 3 rings (SSSR count). The van der Waals surface area contributed by atoms with E-state index in [0.717, 1.165) is 22.4 Å². The summed E-state index contributed by atoms with van der Waals surface area (Å²) in [5, 5.41) is 17.7. The number of aryl methyl sites for hydroxylation is 1. The van der Waals surface area contributed by atoms with Crippen LogP contribution < -0.4 is 0 Å². The number of H-pyrrole nitrogens is 1. The molecule has 3 nitrogen and oxygen atoms in total. The molecule has 0 saturated heterocycles. The van der Waals surface area contributed by atoms with Gasteiger partial charge in [0, 0.05) is 12.0 Å². The van der Waals surface area contributed by atoms with Crippen molar-refractivity contribution in [2.75, 3.05) is 0 Å². The van der Waals surface area contributed by atoms with Gasteiger partial charge in [0.15, 0.2) is 0 Å². The zero-order valence-corrected chi connectivity index (χ0v) is 12.0. The molecule has 0 fully saturated rings. The van der Waals surface area contributed by atoms with Crippen molar-refractivity contribution in [3.8, 4) is 11.3 Å². The van der Waals surface area contributed by atoms with E-state index in [2.05, 4.69) is 29.3 Å². The van der Waals surface area contributed by atoms with Gasteiger partial charge in [0.05, 0.1) is 18.0 Å². The van der Waals surface area contributed by atoms with Gasteiger partial charge in [0.2, 0.25) is 0 Å². The van der Waals surface area contributed by atoms with Crippen molar-refractivity contribution in [3.63, 3.8) is 0 Å². The fraction of sp³-hybridized carbons (Fsp3) is 0.167. The highest BCUT2D eigenvalue weighted by molar-refractivity contribution is 5.63. The van der Waals surface area contributed by atoms with Gasteiger partial charge in [-0.25, -0.2) is 0 Å². The summed E-state index contributed by atoms with van der Waals surface area (Å²) < 4.78 is 0. The summed E-state index contributed by atoms with van der Waals surface area (Å²) >= 11 is 0. The fourth-order valence-electron chi connectivity index (χ4n) is 2.54. The van der Waals surface area contributed by atoms with E-state index in [-0.39, 0.29) is 0 Å². The lowest BCUT2D eigenvalue weighted by Gasteiger charge is -2.13. The maximum absolute atomic E-state index is 10.6. The SMILES string of the molecule is Cc1ccccc1CC(O)c1cn[nH]c1-c1ccccc1. The predicted octanol–water partition coefficient (Wildman–Crippen LogP) is 3.66. The Morgan fingerprint density at radius 2 is 1.76 bits per heavy atom. The lowest BCUT2D eigenvalue weighted by atomic mass is 9.97. The van der Waals surface area contributed by atoms with Crippen LogP contribution in [-0.4, -0.2) is 15.3 Å². The highest BCUT2D eigenvalue weighted by Crippen LogP contribution is 2.28. The van der Waals surface area contributed by atoms with Gasteiger partial charge in [-0.2, -0.15) is 5.10 Å². The minimum absolute atomic E-state index is 0.569. The molecule has 3 heteroatoms. The maximum atomic E-state index is 10.6. The summed E-state index contributed by atoms with van der Waals surface area (Å²) in [6.45, 7) is 2.07. The van der Waals surface area contributed by atoms with Crippen molar-refractivity contribution >= 4 is 0 Å². The Hall–Kier alpha value is -2.39. The molecule has 1 atom stereocenters.